The maximum Gasteiger partial charge on any atom is 0.407 e. The molecule has 182 valence electrons. The van der Waals surface area contributed by atoms with E-state index in [4.69, 9.17) is 4.74 Å². The Balaban J connectivity index is 1.19. The number of alkyl carbamates (subject to hydrolysis) is 1. The van der Waals surface area contributed by atoms with Crippen molar-refractivity contribution < 1.29 is 24.2 Å². The van der Waals surface area contributed by atoms with Crippen LogP contribution in [0.3, 0.4) is 0 Å². The minimum Gasteiger partial charge on any atom is -0.480 e. The molecule has 2 N–H and O–H groups in total. The van der Waals surface area contributed by atoms with Crippen LogP contribution in [-0.4, -0.2) is 64.7 Å². The molecule has 2 aliphatic carbocycles. The number of hydrogen-bond donors (Lipinski definition) is 2. The number of carbonyl (C=O) groups excluding carboxylic acids is 2. The summed E-state index contributed by atoms with van der Waals surface area (Å²) in [4.78, 5) is 38.9. The average molecular weight is 493 g/mol. The van der Waals surface area contributed by atoms with E-state index in [0.717, 1.165) is 16.9 Å². The van der Waals surface area contributed by atoms with Gasteiger partial charge in [-0.1, -0.05) is 60.7 Å². The van der Waals surface area contributed by atoms with Gasteiger partial charge in [0.15, 0.2) is 0 Å². The number of benzene rings is 2. The van der Waals surface area contributed by atoms with Crippen molar-refractivity contribution in [2.75, 3.05) is 24.7 Å². The summed E-state index contributed by atoms with van der Waals surface area (Å²) in [6.07, 6.45) is 4.21. The van der Waals surface area contributed by atoms with Crippen LogP contribution in [0, 0.1) is 5.92 Å². The number of ether oxygens (including phenoxy) is 1. The molecule has 2 aromatic rings. The van der Waals surface area contributed by atoms with Crippen molar-refractivity contribution in [3.8, 4) is 11.1 Å². The second-order valence-corrected chi connectivity index (χ2v) is 10.3. The number of rotatable bonds is 5. The standard InChI is InChI=1S/C27H28N2O5S/c30-25(29-12-13-35-16-24(29)26(31)32)17-6-5-7-18(14-17)28-27(33)34-15-23-21-10-3-1-8-19(21)20-9-2-4-11-22(20)23/h1-5,7-11,17-18,23-24H,6,12-16H2,(H,28,33)(H,31,32)/t17-,18-,24?/m1/s1. The predicted molar refractivity (Wildman–Crippen MR) is 134 cm³/mol. The number of thioether (sulfide) groups is 1. The highest BCUT2D eigenvalue weighted by atomic mass is 32.2. The van der Waals surface area contributed by atoms with Crippen LogP contribution in [0.2, 0.25) is 0 Å². The second kappa shape index (κ2) is 10.2. The lowest BCUT2D eigenvalue weighted by Gasteiger charge is -2.36. The van der Waals surface area contributed by atoms with Gasteiger partial charge in [0.25, 0.3) is 0 Å². The molecular formula is C27H28N2O5S. The van der Waals surface area contributed by atoms with Gasteiger partial charge in [-0.25, -0.2) is 9.59 Å². The molecule has 3 aliphatic rings. The van der Waals surface area contributed by atoms with Gasteiger partial charge in [-0.3, -0.25) is 4.79 Å². The maximum atomic E-state index is 13.1. The molecule has 0 radical (unpaired) electrons. The highest BCUT2D eigenvalue weighted by Gasteiger charge is 2.37. The molecule has 8 heteroatoms. The first-order valence-electron chi connectivity index (χ1n) is 11.9. The van der Waals surface area contributed by atoms with Crippen LogP contribution in [0.5, 0.6) is 0 Å². The van der Waals surface area contributed by atoms with Gasteiger partial charge in [-0.15, -0.1) is 0 Å². The number of carboxylic acid groups (broad SMARTS) is 1. The molecule has 1 saturated heterocycles. The van der Waals surface area contributed by atoms with Crippen molar-refractivity contribution in [1.82, 2.24) is 10.2 Å². The van der Waals surface area contributed by atoms with Crippen LogP contribution < -0.4 is 5.32 Å². The van der Waals surface area contributed by atoms with E-state index in [1.54, 1.807) is 11.8 Å². The number of hydrogen-bond acceptors (Lipinski definition) is 5. The molecule has 3 atom stereocenters. The molecule has 0 saturated carbocycles. The first-order chi connectivity index (χ1) is 17.0. The van der Waals surface area contributed by atoms with E-state index in [0.29, 0.717) is 25.1 Å². The number of aliphatic carboxylic acids is 1. The molecule has 1 unspecified atom stereocenters. The molecule has 0 spiro atoms. The molecule has 7 nitrogen and oxygen atoms in total. The molecule has 35 heavy (non-hydrogen) atoms. The molecule has 2 aromatic carbocycles. The Morgan fingerprint density at radius 2 is 1.74 bits per heavy atom. The first kappa shape index (κ1) is 23.5. The summed E-state index contributed by atoms with van der Waals surface area (Å²) < 4.78 is 5.64. The molecule has 1 heterocycles. The molecule has 5 rings (SSSR count). The van der Waals surface area contributed by atoms with Crippen LogP contribution in [-0.2, 0) is 14.3 Å². The number of allylic oxidation sites excluding steroid dienone is 1. The number of amides is 2. The molecule has 0 bridgehead atoms. The normalized spacial score (nSPS) is 23.3. The van der Waals surface area contributed by atoms with Crippen molar-refractivity contribution >= 4 is 29.7 Å². The zero-order valence-corrected chi connectivity index (χ0v) is 20.1. The van der Waals surface area contributed by atoms with Gasteiger partial charge < -0.3 is 20.1 Å². The number of carbonyl (C=O) groups is 3. The molecule has 1 aliphatic heterocycles. The predicted octanol–water partition coefficient (Wildman–Crippen LogP) is 3.89. The Labute approximate surface area is 208 Å². The highest BCUT2D eigenvalue weighted by Crippen LogP contribution is 2.44. The van der Waals surface area contributed by atoms with E-state index in [9.17, 15) is 19.5 Å². The van der Waals surface area contributed by atoms with E-state index in [2.05, 4.69) is 29.6 Å². The lowest BCUT2D eigenvalue weighted by Crippen LogP contribution is -2.53. The summed E-state index contributed by atoms with van der Waals surface area (Å²) in [7, 11) is 0. The third-order valence-electron chi connectivity index (χ3n) is 7.02. The van der Waals surface area contributed by atoms with Gasteiger partial charge in [0.05, 0.1) is 6.04 Å². The SMILES string of the molecule is O=C(N[C@@H]1C=CC[C@@H](C(=O)N2CCSCC2C(=O)O)C1)OCC1c2ccccc2-c2ccccc21. The Kier molecular flexibility index (Phi) is 6.81. The summed E-state index contributed by atoms with van der Waals surface area (Å²) in [5.41, 5.74) is 4.64. The molecule has 2 amide bonds. The van der Waals surface area contributed by atoms with Crippen molar-refractivity contribution in [1.29, 1.82) is 0 Å². The van der Waals surface area contributed by atoms with E-state index >= 15 is 0 Å². The Bertz CT molecular complexity index is 1120. The fourth-order valence-corrected chi connectivity index (χ4v) is 6.33. The van der Waals surface area contributed by atoms with Gasteiger partial charge in [0, 0.05) is 29.9 Å². The van der Waals surface area contributed by atoms with Crippen molar-refractivity contribution in [2.24, 2.45) is 5.92 Å². The summed E-state index contributed by atoms with van der Waals surface area (Å²) in [5.74, 6) is -0.352. The number of fused-ring (bicyclic) bond motifs is 3. The number of nitrogens with zero attached hydrogens (tertiary/aromatic N) is 1. The quantitative estimate of drug-likeness (QED) is 0.615. The van der Waals surface area contributed by atoms with E-state index < -0.39 is 18.1 Å². The second-order valence-electron chi connectivity index (χ2n) is 9.13. The van der Waals surface area contributed by atoms with Gasteiger partial charge in [-0.2, -0.15) is 11.8 Å². The van der Waals surface area contributed by atoms with E-state index in [-0.39, 0.29) is 30.4 Å². The summed E-state index contributed by atoms with van der Waals surface area (Å²) in [6, 6.07) is 15.2. The van der Waals surface area contributed by atoms with Gasteiger partial charge in [-0.05, 0) is 35.1 Å². The topological polar surface area (TPSA) is 95.9 Å². The van der Waals surface area contributed by atoms with E-state index in [1.807, 2.05) is 36.4 Å². The molecule has 0 aromatic heterocycles. The first-order valence-corrected chi connectivity index (χ1v) is 13.1. The molecular weight excluding hydrogens is 464 g/mol. The summed E-state index contributed by atoms with van der Waals surface area (Å²) in [6.45, 7) is 0.662. The van der Waals surface area contributed by atoms with Crippen LogP contribution in [0.15, 0.2) is 60.7 Å². The maximum absolute atomic E-state index is 13.1. The average Bonchev–Trinajstić information content (AvgIpc) is 3.21. The van der Waals surface area contributed by atoms with Crippen molar-refractivity contribution in [2.45, 2.75) is 30.8 Å². The van der Waals surface area contributed by atoms with Gasteiger partial charge in [0.1, 0.15) is 12.6 Å². The highest BCUT2D eigenvalue weighted by molar-refractivity contribution is 7.99. The van der Waals surface area contributed by atoms with Crippen LogP contribution in [0.25, 0.3) is 11.1 Å². The van der Waals surface area contributed by atoms with Crippen LogP contribution in [0.1, 0.15) is 29.9 Å². The Morgan fingerprint density at radius 1 is 1.06 bits per heavy atom. The third kappa shape index (κ3) is 4.80. The van der Waals surface area contributed by atoms with E-state index in [1.165, 1.54) is 16.0 Å². The largest absolute Gasteiger partial charge is 0.480 e. The number of nitrogens with one attached hydrogen (secondary N) is 1. The monoisotopic (exact) mass is 492 g/mol. The van der Waals surface area contributed by atoms with Crippen LogP contribution >= 0.6 is 11.8 Å². The fraction of sp³-hybridized carbons (Fsp3) is 0.370. The lowest BCUT2D eigenvalue weighted by molar-refractivity contribution is -0.151. The smallest absolute Gasteiger partial charge is 0.407 e. The molecule has 1 fully saturated rings. The lowest BCUT2D eigenvalue weighted by atomic mass is 9.89. The Hall–Kier alpha value is -3.26. The van der Waals surface area contributed by atoms with Crippen molar-refractivity contribution in [3.63, 3.8) is 0 Å². The minimum atomic E-state index is -0.967. The zero-order chi connectivity index (χ0) is 24.4. The van der Waals surface area contributed by atoms with Gasteiger partial charge >= 0.3 is 12.1 Å². The van der Waals surface area contributed by atoms with Crippen LogP contribution in [0.4, 0.5) is 4.79 Å². The van der Waals surface area contributed by atoms with Crippen molar-refractivity contribution in [3.05, 3.63) is 71.8 Å². The fourth-order valence-electron chi connectivity index (χ4n) is 5.30. The summed E-state index contributed by atoms with van der Waals surface area (Å²) >= 11 is 1.55. The number of carboxylic acids is 1. The third-order valence-corrected chi connectivity index (χ3v) is 8.04. The summed E-state index contributed by atoms with van der Waals surface area (Å²) in [5, 5.41) is 12.4. The van der Waals surface area contributed by atoms with Gasteiger partial charge in [0.2, 0.25) is 5.91 Å². The Morgan fingerprint density at radius 3 is 2.43 bits per heavy atom. The minimum absolute atomic E-state index is 0.0192. The zero-order valence-electron chi connectivity index (χ0n) is 19.3.